The third kappa shape index (κ3) is 2.20. The predicted molar refractivity (Wildman–Crippen MR) is 100 cm³/mol. The molecule has 0 radical (unpaired) electrons. The summed E-state index contributed by atoms with van der Waals surface area (Å²) in [6.07, 6.45) is 0. The number of nitrogens with zero attached hydrogens (tertiary/aromatic N) is 1. The lowest BCUT2D eigenvalue weighted by atomic mass is 9.87. The summed E-state index contributed by atoms with van der Waals surface area (Å²) in [5.74, 6) is -1.36. The molecule has 0 aromatic heterocycles. The van der Waals surface area contributed by atoms with Gasteiger partial charge in [-0.3, -0.25) is 9.59 Å². The highest BCUT2D eigenvalue weighted by Gasteiger charge is 2.78. The SMILES string of the molecule is COC(=O)[C@@]1(c2ccccc2)[C@@H]2c3cccc(F)c3N(C(=O)C(C)(C)C)[C@@H]21. The molecule has 5 heteroatoms. The van der Waals surface area contributed by atoms with Crippen LogP contribution in [-0.2, 0) is 19.7 Å². The Morgan fingerprint density at radius 1 is 1.07 bits per heavy atom. The molecule has 4 rings (SSSR count). The minimum atomic E-state index is -1.00. The number of anilines is 1. The number of para-hydroxylation sites is 1. The Hall–Kier alpha value is -2.69. The third-order valence-corrected chi connectivity index (χ3v) is 5.67. The molecule has 2 aromatic carbocycles. The quantitative estimate of drug-likeness (QED) is 0.759. The van der Waals surface area contributed by atoms with Crippen molar-refractivity contribution in [3.05, 3.63) is 65.5 Å². The van der Waals surface area contributed by atoms with Gasteiger partial charge in [0.2, 0.25) is 5.91 Å². The van der Waals surface area contributed by atoms with E-state index in [9.17, 15) is 14.0 Å². The van der Waals surface area contributed by atoms with Crippen LogP contribution in [0.4, 0.5) is 10.1 Å². The Bertz CT molecular complexity index is 934. The third-order valence-electron chi connectivity index (χ3n) is 5.67. The van der Waals surface area contributed by atoms with Crippen LogP contribution in [0.25, 0.3) is 0 Å². The van der Waals surface area contributed by atoms with E-state index in [0.717, 1.165) is 5.56 Å². The second-order valence-corrected chi connectivity index (χ2v) is 8.25. The molecule has 2 aliphatic rings. The van der Waals surface area contributed by atoms with Crippen molar-refractivity contribution in [1.29, 1.82) is 0 Å². The van der Waals surface area contributed by atoms with Crippen LogP contribution >= 0.6 is 0 Å². The molecule has 1 saturated carbocycles. The van der Waals surface area contributed by atoms with E-state index in [2.05, 4.69) is 0 Å². The highest BCUT2D eigenvalue weighted by Crippen LogP contribution is 2.70. The molecule has 0 unspecified atom stereocenters. The van der Waals surface area contributed by atoms with E-state index < -0.39 is 28.7 Å². The normalized spacial score (nSPS) is 25.6. The van der Waals surface area contributed by atoms with Gasteiger partial charge < -0.3 is 9.64 Å². The smallest absolute Gasteiger partial charge is 0.319 e. The number of amides is 1. The topological polar surface area (TPSA) is 46.6 Å². The molecule has 2 aromatic rings. The van der Waals surface area contributed by atoms with E-state index in [4.69, 9.17) is 4.74 Å². The second kappa shape index (κ2) is 5.65. The lowest BCUT2D eigenvalue weighted by Gasteiger charge is -2.32. The van der Waals surface area contributed by atoms with Gasteiger partial charge in [-0.25, -0.2) is 4.39 Å². The van der Waals surface area contributed by atoms with E-state index in [-0.39, 0.29) is 11.8 Å². The van der Waals surface area contributed by atoms with Crippen molar-refractivity contribution in [1.82, 2.24) is 0 Å². The molecule has 4 nitrogen and oxygen atoms in total. The number of carbonyl (C=O) groups is 2. The van der Waals surface area contributed by atoms with E-state index in [1.54, 1.807) is 32.9 Å². The molecule has 1 heterocycles. The molecule has 140 valence electrons. The number of hydrogen-bond donors (Lipinski definition) is 0. The van der Waals surface area contributed by atoms with E-state index in [1.807, 2.05) is 30.3 Å². The van der Waals surface area contributed by atoms with Crippen molar-refractivity contribution in [2.24, 2.45) is 5.41 Å². The summed E-state index contributed by atoms with van der Waals surface area (Å²) in [4.78, 5) is 27.7. The van der Waals surface area contributed by atoms with Crippen LogP contribution in [0, 0.1) is 11.2 Å². The van der Waals surface area contributed by atoms with Crippen LogP contribution in [0.2, 0.25) is 0 Å². The van der Waals surface area contributed by atoms with Crippen molar-refractivity contribution in [3.8, 4) is 0 Å². The Labute approximate surface area is 157 Å². The van der Waals surface area contributed by atoms with Gasteiger partial charge in [0.1, 0.15) is 11.2 Å². The minimum Gasteiger partial charge on any atom is -0.468 e. The molecule has 0 spiro atoms. The fourth-order valence-electron chi connectivity index (χ4n) is 4.50. The average Bonchev–Trinajstić information content (AvgIpc) is 3.20. The van der Waals surface area contributed by atoms with Gasteiger partial charge in [0.05, 0.1) is 18.8 Å². The minimum absolute atomic E-state index is 0.206. The van der Waals surface area contributed by atoms with Gasteiger partial charge in [-0.2, -0.15) is 0 Å². The first-order valence-electron chi connectivity index (χ1n) is 9.02. The number of benzene rings is 2. The molecule has 27 heavy (non-hydrogen) atoms. The van der Waals surface area contributed by atoms with Gasteiger partial charge in [-0.15, -0.1) is 0 Å². The summed E-state index contributed by atoms with van der Waals surface area (Å²) in [6.45, 7) is 5.40. The summed E-state index contributed by atoms with van der Waals surface area (Å²) in [5.41, 5.74) is 0.0519. The van der Waals surface area contributed by atoms with E-state index in [0.29, 0.717) is 11.3 Å². The van der Waals surface area contributed by atoms with Crippen molar-refractivity contribution < 1.29 is 18.7 Å². The van der Waals surface area contributed by atoms with E-state index in [1.165, 1.54) is 18.1 Å². The van der Waals surface area contributed by atoms with Crippen LogP contribution in [-0.4, -0.2) is 25.0 Å². The number of fused-ring (bicyclic) bond motifs is 3. The number of rotatable bonds is 2. The molecular formula is C22H22FNO3. The van der Waals surface area contributed by atoms with Crippen LogP contribution in [0.1, 0.15) is 37.8 Å². The van der Waals surface area contributed by atoms with Crippen LogP contribution in [0.3, 0.4) is 0 Å². The number of ether oxygens (including phenoxy) is 1. The largest absolute Gasteiger partial charge is 0.468 e. The maximum atomic E-state index is 14.7. The van der Waals surface area contributed by atoms with Crippen molar-refractivity contribution in [2.75, 3.05) is 12.0 Å². The highest BCUT2D eigenvalue weighted by atomic mass is 19.1. The maximum Gasteiger partial charge on any atom is 0.319 e. The van der Waals surface area contributed by atoms with Gasteiger partial charge >= 0.3 is 5.97 Å². The fourth-order valence-corrected chi connectivity index (χ4v) is 4.50. The summed E-state index contributed by atoms with van der Waals surface area (Å²) >= 11 is 0. The summed E-state index contributed by atoms with van der Waals surface area (Å²) in [7, 11) is 1.35. The van der Waals surface area contributed by atoms with Crippen molar-refractivity contribution in [2.45, 2.75) is 38.1 Å². The van der Waals surface area contributed by atoms with Gasteiger partial charge in [0.15, 0.2) is 0 Å². The molecule has 1 aliphatic carbocycles. The Morgan fingerprint density at radius 2 is 1.74 bits per heavy atom. The van der Waals surface area contributed by atoms with E-state index >= 15 is 0 Å². The average molecular weight is 367 g/mol. The fraction of sp³-hybridized carbons (Fsp3) is 0.364. The number of hydrogen-bond acceptors (Lipinski definition) is 3. The lowest BCUT2D eigenvalue weighted by molar-refractivity contribution is -0.144. The monoisotopic (exact) mass is 367 g/mol. The van der Waals surface area contributed by atoms with Crippen LogP contribution < -0.4 is 4.90 Å². The first-order chi connectivity index (χ1) is 12.8. The molecule has 1 aliphatic heterocycles. The molecule has 3 atom stereocenters. The zero-order chi connectivity index (χ0) is 19.6. The van der Waals surface area contributed by atoms with Gasteiger partial charge in [-0.05, 0) is 17.2 Å². The zero-order valence-electron chi connectivity index (χ0n) is 15.8. The van der Waals surface area contributed by atoms with Crippen molar-refractivity contribution in [3.63, 3.8) is 0 Å². The van der Waals surface area contributed by atoms with Gasteiger partial charge in [-0.1, -0.05) is 63.2 Å². The first kappa shape index (κ1) is 17.7. The molecule has 0 N–H and O–H groups in total. The Kier molecular flexibility index (Phi) is 3.71. The summed E-state index contributed by atoms with van der Waals surface area (Å²) < 4.78 is 19.9. The maximum absolute atomic E-state index is 14.7. The standard InChI is InChI=1S/C22H22FNO3/c1-21(2,3)19(25)24-17-14(11-8-12-15(17)23)16-18(24)22(16,20(26)27-4)13-9-6-5-7-10-13/h5-12,16,18H,1-4H3/t16-,18+,22+/m1/s1. The van der Waals surface area contributed by atoms with Crippen LogP contribution in [0.15, 0.2) is 48.5 Å². The molecular weight excluding hydrogens is 345 g/mol. The summed E-state index contributed by atoms with van der Waals surface area (Å²) in [5, 5.41) is 0. The van der Waals surface area contributed by atoms with Gasteiger partial charge in [0, 0.05) is 11.3 Å². The molecule has 1 fully saturated rings. The van der Waals surface area contributed by atoms with Gasteiger partial charge in [0.25, 0.3) is 0 Å². The number of esters is 1. The van der Waals surface area contributed by atoms with Crippen molar-refractivity contribution >= 4 is 17.6 Å². The number of halogens is 1. The number of methoxy groups -OCH3 is 1. The molecule has 0 saturated heterocycles. The number of carbonyl (C=O) groups excluding carboxylic acids is 2. The zero-order valence-corrected chi connectivity index (χ0v) is 15.8. The Balaban J connectivity index is 1.95. The Morgan fingerprint density at radius 3 is 2.33 bits per heavy atom. The van der Waals surface area contributed by atoms with Crippen LogP contribution in [0.5, 0.6) is 0 Å². The highest BCUT2D eigenvalue weighted by molar-refractivity contribution is 6.07. The summed E-state index contributed by atoms with van der Waals surface area (Å²) in [6, 6.07) is 13.6. The predicted octanol–water partition coefficient (Wildman–Crippen LogP) is 3.80. The molecule has 1 amide bonds. The molecule has 0 bridgehead atoms. The lowest BCUT2D eigenvalue weighted by Crippen LogP contribution is -2.45. The second-order valence-electron chi connectivity index (χ2n) is 8.25. The first-order valence-corrected chi connectivity index (χ1v) is 9.02.